The van der Waals surface area contributed by atoms with Gasteiger partial charge in [-0.1, -0.05) is 11.8 Å². The summed E-state index contributed by atoms with van der Waals surface area (Å²) in [6, 6.07) is 1.73. The highest BCUT2D eigenvalue weighted by Crippen LogP contribution is 2.30. The van der Waals surface area contributed by atoms with Gasteiger partial charge in [0.25, 0.3) is 0 Å². The van der Waals surface area contributed by atoms with Crippen LogP contribution < -0.4 is 5.73 Å². The van der Waals surface area contributed by atoms with Gasteiger partial charge >= 0.3 is 6.18 Å². The van der Waals surface area contributed by atoms with Crippen LogP contribution in [0.25, 0.3) is 0 Å². The second-order valence-corrected chi connectivity index (χ2v) is 4.78. The monoisotopic (exact) mass is 278 g/mol. The number of nitrogens with two attached hydrogens (primary N) is 1. The molecule has 4 nitrogen and oxygen atoms in total. The molecule has 0 spiro atoms. The van der Waals surface area contributed by atoms with Crippen LogP contribution in [0.15, 0.2) is 11.2 Å². The van der Waals surface area contributed by atoms with Crippen molar-refractivity contribution in [1.29, 1.82) is 5.41 Å². The zero-order valence-corrected chi connectivity index (χ0v) is 10.7. The first kappa shape index (κ1) is 14.7. The van der Waals surface area contributed by atoms with Crippen LogP contribution in [0.4, 0.5) is 13.2 Å². The van der Waals surface area contributed by atoms with Gasteiger partial charge in [-0.2, -0.15) is 13.2 Å². The second-order valence-electron chi connectivity index (χ2n) is 3.79. The van der Waals surface area contributed by atoms with Gasteiger partial charge in [-0.25, -0.2) is 9.97 Å². The molecule has 0 aliphatic heterocycles. The van der Waals surface area contributed by atoms with E-state index in [-0.39, 0.29) is 10.9 Å². The van der Waals surface area contributed by atoms with Crippen molar-refractivity contribution in [2.75, 3.05) is 5.75 Å². The van der Waals surface area contributed by atoms with Crippen LogP contribution in [0.2, 0.25) is 0 Å². The van der Waals surface area contributed by atoms with Gasteiger partial charge in [-0.05, 0) is 19.9 Å². The quantitative estimate of drug-likeness (QED) is 0.383. The number of aromatic nitrogens is 2. The fourth-order valence-corrected chi connectivity index (χ4v) is 2.38. The Morgan fingerprint density at radius 1 is 1.39 bits per heavy atom. The molecular formula is C10H13F3N4S. The molecule has 0 saturated carbocycles. The van der Waals surface area contributed by atoms with Gasteiger partial charge < -0.3 is 5.73 Å². The molecule has 0 aliphatic rings. The van der Waals surface area contributed by atoms with E-state index in [1.165, 1.54) is 0 Å². The van der Waals surface area contributed by atoms with Gasteiger partial charge in [0.1, 0.15) is 11.8 Å². The third-order valence-corrected chi connectivity index (χ3v) is 3.05. The van der Waals surface area contributed by atoms with Crippen molar-refractivity contribution in [3.05, 3.63) is 17.5 Å². The molecule has 8 heteroatoms. The van der Waals surface area contributed by atoms with Gasteiger partial charge in [0, 0.05) is 17.1 Å². The predicted octanol–water partition coefficient (Wildman–Crippen LogP) is 2.30. The van der Waals surface area contributed by atoms with Crippen molar-refractivity contribution < 1.29 is 13.2 Å². The number of nitrogens with zero attached hydrogens (tertiary/aromatic N) is 2. The van der Waals surface area contributed by atoms with E-state index in [0.717, 1.165) is 11.8 Å². The number of rotatable bonds is 4. The lowest BCUT2D eigenvalue weighted by Gasteiger charge is -2.17. The number of aryl methyl sites for hydroxylation is 2. The molecule has 1 unspecified atom stereocenters. The van der Waals surface area contributed by atoms with Crippen molar-refractivity contribution in [1.82, 2.24) is 9.97 Å². The zero-order valence-electron chi connectivity index (χ0n) is 9.88. The average molecular weight is 278 g/mol. The van der Waals surface area contributed by atoms with Gasteiger partial charge in [0.05, 0.1) is 0 Å². The lowest BCUT2D eigenvalue weighted by molar-refractivity contribution is -0.150. The molecule has 1 rings (SSSR count). The predicted molar refractivity (Wildman–Crippen MR) is 63.7 cm³/mol. The Labute approximate surface area is 107 Å². The molecule has 0 fully saturated rings. The minimum absolute atomic E-state index is 0.267. The number of alkyl halides is 3. The summed E-state index contributed by atoms with van der Waals surface area (Å²) < 4.78 is 37.7. The van der Waals surface area contributed by atoms with Crippen LogP contribution in [0, 0.1) is 25.2 Å². The Hall–Kier alpha value is -1.31. The van der Waals surface area contributed by atoms with Crippen LogP contribution in [0.1, 0.15) is 11.4 Å². The normalized spacial score (nSPS) is 13.4. The highest BCUT2D eigenvalue weighted by Gasteiger charge is 2.41. The largest absolute Gasteiger partial charge is 0.399 e. The first-order chi connectivity index (χ1) is 8.20. The van der Waals surface area contributed by atoms with E-state index in [2.05, 4.69) is 9.97 Å². The summed E-state index contributed by atoms with van der Waals surface area (Å²) in [5.41, 5.74) is 6.34. The maximum atomic E-state index is 12.6. The molecule has 1 aromatic rings. The molecule has 0 bridgehead atoms. The Balaban J connectivity index is 2.76. The Morgan fingerprint density at radius 2 is 1.89 bits per heavy atom. The minimum atomic E-state index is -4.52. The van der Waals surface area contributed by atoms with Crippen LogP contribution >= 0.6 is 11.8 Å². The lowest BCUT2D eigenvalue weighted by atomic mass is 10.1. The van der Waals surface area contributed by atoms with E-state index in [1.807, 2.05) is 0 Å². The van der Waals surface area contributed by atoms with Crippen LogP contribution in [-0.2, 0) is 0 Å². The topological polar surface area (TPSA) is 75.7 Å². The Bertz CT molecular complexity index is 427. The number of hydrogen-bond acceptors (Lipinski definition) is 4. The molecule has 0 amide bonds. The Morgan fingerprint density at radius 3 is 2.28 bits per heavy atom. The maximum absolute atomic E-state index is 12.6. The molecule has 0 saturated heterocycles. The van der Waals surface area contributed by atoms with Crippen molar-refractivity contribution in [2.45, 2.75) is 25.2 Å². The number of thioether (sulfide) groups is 1. The molecule has 0 aromatic carbocycles. The molecule has 1 atom stereocenters. The minimum Gasteiger partial charge on any atom is -0.387 e. The fourth-order valence-electron chi connectivity index (χ4n) is 1.28. The number of amidine groups is 1. The third kappa shape index (κ3) is 4.17. The summed E-state index contributed by atoms with van der Waals surface area (Å²) in [6.07, 6.45) is -4.52. The van der Waals surface area contributed by atoms with Crippen molar-refractivity contribution in [2.24, 2.45) is 11.7 Å². The SMILES string of the molecule is Cc1cc(C)nc(SCC(C(=N)N)C(F)(F)F)n1. The van der Waals surface area contributed by atoms with Gasteiger partial charge in [-0.15, -0.1) is 0 Å². The van der Waals surface area contributed by atoms with Crippen LogP contribution in [-0.4, -0.2) is 27.7 Å². The molecule has 0 radical (unpaired) electrons. The van der Waals surface area contributed by atoms with E-state index in [4.69, 9.17) is 11.1 Å². The molecule has 1 heterocycles. The van der Waals surface area contributed by atoms with E-state index >= 15 is 0 Å². The molecule has 18 heavy (non-hydrogen) atoms. The van der Waals surface area contributed by atoms with E-state index in [9.17, 15) is 13.2 Å². The number of hydrogen-bond donors (Lipinski definition) is 2. The Kier molecular flexibility index (Phi) is 4.55. The first-order valence-electron chi connectivity index (χ1n) is 5.06. The lowest BCUT2D eigenvalue weighted by Crippen LogP contribution is -2.37. The number of halogens is 3. The van der Waals surface area contributed by atoms with E-state index < -0.39 is 17.9 Å². The molecule has 100 valence electrons. The van der Waals surface area contributed by atoms with Gasteiger partial charge in [0.15, 0.2) is 5.16 Å². The smallest absolute Gasteiger partial charge is 0.387 e. The van der Waals surface area contributed by atoms with Gasteiger partial charge in [-0.3, -0.25) is 5.41 Å². The van der Waals surface area contributed by atoms with E-state index in [0.29, 0.717) is 11.4 Å². The van der Waals surface area contributed by atoms with Crippen molar-refractivity contribution in [3.8, 4) is 0 Å². The third-order valence-electron chi connectivity index (χ3n) is 2.11. The first-order valence-corrected chi connectivity index (χ1v) is 6.04. The molecule has 1 aromatic heterocycles. The second kappa shape index (κ2) is 5.55. The summed E-state index contributed by atoms with van der Waals surface area (Å²) in [4.78, 5) is 8.04. The highest BCUT2D eigenvalue weighted by molar-refractivity contribution is 7.99. The highest BCUT2D eigenvalue weighted by atomic mass is 32.2. The number of nitrogens with one attached hydrogen (secondary N) is 1. The summed E-state index contributed by atoms with van der Waals surface area (Å²) in [7, 11) is 0. The summed E-state index contributed by atoms with van der Waals surface area (Å²) in [5, 5.41) is 7.23. The van der Waals surface area contributed by atoms with Crippen LogP contribution in [0.3, 0.4) is 0 Å². The standard InChI is InChI=1S/C10H13F3N4S/c1-5-3-6(2)17-9(16-5)18-4-7(8(14)15)10(11,12)13/h3,7H,4H2,1-2H3,(H3,14,15). The van der Waals surface area contributed by atoms with Crippen molar-refractivity contribution >= 4 is 17.6 Å². The fraction of sp³-hybridized carbons (Fsp3) is 0.500. The molecular weight excluding hydrogens is 265 g/mol. The average Bonchev–Trinajstić information content (AvgIpc) is 2.12. The summed E-state index contributed by atoms with van der Waals surface area (Å²) in [6.45, 7) is 3.48. The zero-order chi connectivity index (χ0) is 13.9. The molecule has 3 N–H and O–H groups in total. The summed E-state index contributed by atoms with van der Waals surface area (Å²) >= 11 is 0.849. The maximum Gasteiger partial charge on any atom is 0.399 e. The molecule has 0 aliphatic carbocycles. The summed E-state index contributed by atoms with van der Waals surface area (Å²) in [5.74, 6) is -3.24. The van der Waals surface area contributed by atoms with Crippen LogP contribution in [0.5, 0.6) is 0 Å². The van der Waals surface area contributed by atoms with Crippen molar-refractivity contribution in [3.63, 3.8) is 0 Å². The van der Waals surface area contributed by atoms with E-state index in [1.54, 1.807) is 19.9 Å². The van der Waals surface area contributed by atoms with Gasteiger partial charge in [0.2, 0.25) is 0 Å².